The number of rotatable bonds is 9. The maximum absolute atomic E-state index is 11.9. The monoisotopic (exact) mass is 256 g/mol. The number of esters is 1. The van der Waals surface area contributed by atoms with E-state index in [0.29, 0.717) is 6.42 Å². The summed E-state index contributed by atoms with van der Waals surface area (Å²) in [6.07, 6.45) is 4.14. The van der Waals surface area contributed by atoms with Gasteiger partial charge in [-0.05, 0) is 12.8 Å². The third kappa shape index (κ3) is 11.6. The van der Waals surface area contributed by atoms with Crippen molar-refractivity contribution in [1.82, 2.24) is 0 Å². The van der Waals surface area contributed by atoms with Crippen LogP contribution in [0.1, 0.15) is 45.4 Å². The molecule has 0 saturated carbocycles. The molecule has 0 aromatic heterocycles. The van der Waals surface area contributed by atoms with Crippen molar-refractivity contribution >= 4 is 15.0 Å². The molecule has 0 spiro atoms. The lowest BCUT2D eigenvalue weighted by Gasteiger charge is -2.05. The largest absolute Gasteiger partial charge is 0.616 e. The van der Waals surface area contributed by atoms with Crippen LogP contribution < -0.4 is 0 Å². The van der Waals surface area contributed by atoms with Gasteiger partial charge in [0.1, 0.15) is 0 Å². The molecule has 6 heteroatoms. The average molecular weight is 256 g/mol. The van der Waals surface area contributed by atoms with Crippen LogP contribution in [-0.4, -0.2) is 21.7 Å². The first-order chi connectivity index (χ1) is 7.45. The zero-order valence-electron chi connectivity index (χ0n) is 9.61. The highest BCUT2D eigenvalue weighted by molar-refractivity contribution is 6.58. The second-order valence-corrected chi connectivity index (χ2v) is 5.48. The number of carbonyl (C=O) groups is 1. The molecule has 0 aliphatic rings. The van der Waals surface area contributed by atoms with Gasteiger partial charge < -0.3 is 4.74 Å². The van der Waals surface area contributed by atoms with Crippen LogP contribution in [0.15, 0.2) is 0 Å². The lowest BCUT2D eigenvalue weighted by molar-refractivity contribution is -0.143. The maximum Gasteiger partial charge on any atom is 0.616 e. The molecule has 96 valence electrons. The van der Waals surface area contributed by atoms with Crippen LogP contribution in [-0.2, 0) is 9.53 Å². The minimum atomic E-state index is -5.46. The van der Waals surface area contributed by atoms with Crippen molar-refractivity contribution in [1.29, 1.82) is 0 Å². The summed E-state index contributed by atoms with van der Waals surface area (Å²) in [6.45, 7) is 1.97. The van der Waals surface area contributed by atoms with E-state index >= 15 is 0 Å². The van der Waals surface area contributed by atoms with Crippen molar-refractivity contribution < 1.29 is 21.9 Å². The standard InChI is InChI=1S/C10H19F3O2Si/c1-2-3-4-5-7-10(14)15-8-6-9-16(11,12)13/h2-9H2,1H3. The van der Waals surface area contributed by atoms with E-state index in [2.05, 4.69) is 6.92 Å². The van der Waals surface area contributed by atoms with Gasteiger partial charge in [-0.15, -0.1) is 0 Å². The molecule has 0 aliphatic heterocycles. The number of halogens is 3. The quantitative estimate of drug-likeness (QED) is 0.272. The Hall–Kier alpha value is -0.523. The summed E-state index contributed by atoms with van der Waals surface area (Å²) in [5.74, 6) is -0.375. The smallest absolute Gasteiger partial charge is 0.466 e. The molecule has 0 radical (unpaired) electrons. The number of hydrogen-bond acceptors (Lipinski definition) is 2. The van der Waals surface area contributed by atoms with Crippen LogP contribution in [0.5, 0.6) is 0 Å². The molecule has 0 saturated heterocycles. The second-order valence-electron chi connectivity index (χ2n) is 3.75. The second kappa shape index (κ2) is 8.61. The highest BCUT2D eigenvalue weighted by atomic mass is 28.5. The van der Waals surface area contributed by atoms with Crippen LogP contribution in [0.25, 0.3) is 0 Å². The SMILES string of the molecule is CCCCCCC(=O)OCCC[Si](F)(F)F. The third-order valence-electron chi connectivity index (χ3n) is 2.10. The first-order valence-electron chi connectivity index (χ1n) is 5.68. The Bertz CT molecular complexity index is 195. The fourth-order valence-electron chi connectivity index (χ4n) is 1.23. The van der Waals surface area contributed by atoms with Crippen LogP contribution >= 0.6 is 0 Å². The van der Waals surface area contributed by atoms with E-state index in [1.165, 1.54) is 0 Å². The zero-order chi connectivity index (χ0) is 12.4. The number of hydrogen-bond donors (Lipinski definition) is 0. The molecule has 0 N–H and O–H groups in total. The van der Waals surface area contributed by atoms with Crippen molar-refractivity contribution in [2.45, 2.75) is 51.5 Å². The fourth-order valence-corrected chi connectivity index (χ4v) is 1.77. The van der Waals surface area contributed by atoms with Crippen molar-refractivity contribution in [2.24, 2.45) is 0 Å². The van der Waals surface area contributed by atoms with Crippen LogP contribution in [0.2, 0.25) is 6.04 Å². The van der Waals surface area contributed by atoms with Crippen molar-refractivity contribution in [2.75, 3.05) is 6.61 Å². The number of carbonyl (C=O) groups excluding carboxylic acids is 1. The van der Waals surface area contributed by atoms with E-state index in [-0.39, 0.29) is 19.0 Å². The summed E-state index contributed by atoms with van der Waals surface area (Å²) < 4.78 is 40.3. The van der Waals surface area contributed by atoms with Gasteiger partial charge in [-0.25, -0.2) is 12.3 Å². The lowest BCUT2D eigenvalue weighted by Crippen LogP contribution is -2.15. The molecule has 0 rings (SSSR count). The molecule has 0 bridgehead atoms. The topological polar surface area (TPSA) is 26.3 Å². The highest BCUT2D eigenvalue weighted by Crippen LogP contribution is 2.16. The Balaban J connectivity index is 3.31. The molecule has 0 heterocycles. The first kappa shape index (κ1) is 15.5. The molecule has 0 aromatic rings. The van der Waals surface area contributed by atoms with Crippen LogP contribution in [0.3, 0.4) is 0 Å². The molecule has 0 atom stereocenters. The minimum absolute atomic E-state index is 0.0869. The van der Waals surface area contributed by atoms with Gasteiger partial charge >= 0.3 is 15.0 Å². The van der Waals surface area contributed by atoms with E-state index in [4.69, 9.17) is 4.74 Å². The lowest BCUT2D eigenvalue weighted by atomic mass is 10.2. The van der Waals surface area contributed by atoms with Crippen LogP contribution in [0, 0.1) is 0 Å². The van der Waals surface area contributed by atoms with Gasteiger partial charge in [0.15, 0.2) is 0 Å². The summed E-state index contributed by atoms with van der Waals surface area (Å²) in [5.41, 5.74) is 0. The molecule has 0 amide bonds. The van der Waals surface area contributed by atoms with E-state index in [9.17, 15) is 17.1 Å². The third-order valence-corrected chi connectivity index (χ3v) is 3.02. The van der Waals surface area contributed by atoms with E-state index in [0.717, 1.165) is 25.7 Å². The molecule has 16 heavy (non-hydrogen) atoms. The molecule has 0 aromatic carbocycles. The number of ether oxygens (including phenoxy) is 1. The van der Waals surface area contributed by atoms with Crippen molar-refractivity contribution in [3.05, 3.63) is 0 Å². The zero-order valence-corrected chi connectivity index (χ0v) is 10.6. The van der Waals surface area contributed by atoms with Gasteiger partial charge in [-0.1, -0.05) is 26.2 Å². The fraction of sp³-hybridized carbons (Fsp3) is 0.900. The van der Waals surface area contributed by atoms with E-state index < -0.39 is 15.1 Å². The van der Waals surface area contributed by atoms with E-state index in [1.54, 1.807) is 0 Å². The van der Waals surface area contributed by atoms with Crippen molar-refractivity contribution in [3.63, 3.8) is 0 Å². The summed E-state index contributed by atoms with van der Waals surface area (Å²) >= 11 is 0. The molecular weight excluding hydrogens is 237 g/mol. The van der Waals surface area contributed by atoms with Gasteiger partial charge in [0.05, 0.1) is 6.61 Å². The summed E-state index contributed by atoms with van der Waals surface area (Å²) in [7, 11) is -5.46. The van der Waals surface area contributed by atoms with Gasteiger partial charge in [-0.3, -0.25) is 4.79 Å². The molecule has 0 unspecified atom stereocenters. The Kier molecular flexibility index (Phi) is 8.33. The molecule has 0 fully saturated rings. The van der Waals surface area contributed by atoms with Gasteiger partial charge in [-0.2, -0.15) is 0 Å². The van der Waals surface area contributed by atoms with E-state index in [1.807, 2.05) is 0 Å². The minimum Gasteiger partial charge on any atom is -0.466 e. The predicted molar refractivity (Wildman–Crippen MR) is 58.2 cm³/mol. The highest BCUT2D eigenvalue weighted by Gasteiger charge is 2.35. The Morgan fingerprint density at radius 3 is 2.38 bits per heavy atom. The Morgan fingerprint density at radius 2 is 1.81 bits per heavy atom. The first-order valence-corrected chi connectivity index (χ1v) is 7.52. The maximum atomic E-state index is 11.9. The Labute approximate surface area is 95.7 Å². The summed E-state index contributed by atoms with van der Waals surface area (Å²) in [4.78, 5) is 11.0. The summed E-state index contributed by atoms with van der Waals surface area (Å²) in [6, 6.07) is -0.754. The number of unbranched alkanes of at least 4 members (excludes halogenated alkanes) is 3. The molecular formula is C10H19F3O2Si. The molecule has 0 aliphatic carbocycles. The van der Waals surface area contributed by atoms with Gasteiger partial charge in [0.25, 0.3) is 0 Å². The summed E-state index contributed by atoms with van der Waals surface area (Å²) in [5, 5.41) is 0. The predicted octanol–water partition coefficient (Wildman–Crippen LogP) is 3.74. The average Bonchev–Trinajstić information content (AvgIpc) is 2.18. The normalized spacial score (nSPS) is 11.5. The molecule has 2 nitrogen and oxygen atoms in total. The van der Waals surface area contributed by atoms with Crippen molar-refractivity contribution in [3.8, 4) is 0 Å². The van der Waals surface area contributed by atoms with Gasteiger partial charge in [0.2, 0.25) is 0 Å². The van der Waals surface area contributed by atoms with Gasteiger partial charge in [0, 0.05) is 12.5 Å². The van der Waals surface area contributed by atoms with Crippen LogP contribution in [0.4, 0.5) is 12.3 Å². The Morgan fingerprint density at radius 1 is 1.12 bits per heavy atom.